The van der Waals surface area contributed by atoms with E-state index in [0.29, 0.717) is 12.3 Å². The maximum Gasteiger partial charge on any atom is 0.343 e. The van der Waals surface area contributed by atoms with Crippen molar-refractivity contribution in [3.63, 3.8) is 0 Å². The molecule has 2 heterocycles. The molecule has 3 aliphatic rings. The van der Waals surface area contributed by atoms with Crippen LogP contribution in [-0.2, 0) is 14.3 Å². The van der Waals surface area contributed by atoms with Gasteiger partial charge in [-0.3, -0.25) is 10.5 Å². The number of rotatable bonds is 2. The van der Waals surface area contributed by atoms with Crippen LogP contribution in [0.4, 0.5) is 5.69 Å². The molecule has 1 saturated carbocycles. The summed E-state index contributed by atoms with van der Waals surface area (Å²) in [6.07, 6.45) is -0.224. The van der Waals surface area contributed by atoms with Crippen molar-refractivity contribution in [1.82, 2.24) is 0 Å². The quantitative estimate of drug-likeness (QED) is 0.644. The highest BCUT2D eigenvalue weighted by atomic mass is 16.8. The molecule has 4 rings (SSSR count). The highest BCUT2D eigenvalue weighted by Gasteiger charge is 2.97. The summed E-state index contributed by atoms with van der Waals surface area (Å²) in [4.78, 5) is 14.1. The van der Waals surface area contributed by atoms with Gasteiger partial charge in [0.1, 0.15) is 0 Å². The molecule has 1 saturated heterocycles. The Morgan fingerprint density at radius 3 is 2.54 bits per heavy atom. The first-order valence-corrected chi connectivity index (χ1v) is 8.30. The number of hydrogen-bond acceptors (Lipinski definition) is 6. The summed E-state index contributed by atoms with van der Waals surface area (Å²) in [5.41, 5.74) is 5.05. The van der Waals surface area contributed by atoms with Crippen molar-refractivity contribution < 1.29 is 19.3 Å². The third-order valence-corrected chi connectivity index (χ3v) is 5.45. The average molecular weight is 352 g/mol. The van der Waals surface area contributed by atoms with E-state index in [9.17, 15) is 15.3 Å². The zero-order chi connectivity index (χ0) is 18.7. The fourth-order valence-corrected chi connectivity index (χ4v) is 4.43. The van der Waals surface area contributed by atoms with E-state index in [1.807, 2.05) is 6.92 Å². The van der Waals surface area contributed by atoms with Gasteiger partial charge in [-0.25, -0.2) is 4.99 Å². The standard InChI is InChI=1S/C18H17N5O3/c1-10-7-25-18(26-10)17(9-20)14(16(17,8-19)15(21)23-18)12-3-5-13(6-4-12)22-11(2)24/h3-6,10,14H,7H2,1-2H3,(H2,21,23)(H,22,24)/p+1/t10-,14-,16-,17-,18+/m1/s1. The first-order chi connectivity index (χ1) is 12.4. The average Bonchev–Trinajstić information content (AvgIpc) is 2.99. The summed E-state index contributed by atoms with van der Waals surface area (Å²) >= 11 is 0. The summed E-state index contributed by atoms with van der Waals surface area (Å²) < 4.78 is 11.7. The molecule has 1 aromatic rings. The van der Waals surface area contributed by atoms with Gasteiger partial charge >= 0.3 is 5.91 Å². The first kappa shape index (κ1) is 16.5. The molecular formula is C18H18N5O3+. The molecule has 132 valence electrons. The van der Waals surface area contributed by atoms with Crippen LogP contribution in [0.3, 0.4) is 0 Å². The molecule has 0 bridgehead atoms. The lowest BCUT2D eigenvalue weighted by Gasteiger charge is -2.24. The number of hydrogen-bond donors (Lipinski definition) is 3. The summed E-state index contributed by atoms with van der Waals surface area (Å²) in [6.45, 7) is 3.57. The van der Waals surface area contributed by atoms with E-state index in [-0.39, 0.29) is 17.8 Å². The number of carbonyl (C=O) groups excluding carboxylic acids is 1. The van der Waals surface area contributed by atoms with Crippen LogP contribution in [0, 0.1) is 33.5 Å². The lowest BCUT2D eigenvalue weighted by molar-refractivity contribution is -0.677. The van der Waals surface area contributed by atoms with Crippen LogP contribution in [0.5, 0.6) is 0 Å². The lowest BCUT2D eigenvalue weighted by Crippen LogP contribution is -2.90. The Bertz CT molecular complexity index is 914. The Balaban J connectivity index is 1.79. The monoisotopic (exact) mass is 352 g/mol. The van der Waals surface area contributed by atoms with Crippen LogP contribution in [0.2, 0.25) is 0 Å². The van der Waals surface area contributed by atoms with Crippen LogP contribution in [0.15, 0.2) is 24.3 Å². The Kier molecular flexibility index (Phi) is 3.20. The SMILES string of the molecule is CC(=O)Nc1ccc([C@H]2[C@@]3(C#N)[C@]4([NH+]=C(N)[C@@]23C#N)OC[C@@H](C)O4)cc1. The maximum absolute atomic E-state index is 11.2. The molecule has 1 spiro atoms. The Hall–Kier alpha value is -2.94. The van der Waals surface area contributed by atoms with E-state index in [0.717, 1.165) is 5.56 Å². The predicted molar refractivity (Wildman–Crippen MR) is 89.0 cm³/mol. The van der Waals surface area contributed by atoms with Crippen molar-refractivity contribution in [1.29, 1.82) is 10.5 Å². The Morgan fingerprint density at radius 2 is 2.04 bits per heavy atom. The number of amides is 1. The van der Waals surface area contributed by atoms with Crippen LogP contribution < -0.4 is 16.0 Å². The zero-order valence-electron chi connectivity index (χ0n) is 14.4. The van der Waals surface area contributed by atoms with Crippen molar-refractivity contribution in [3.05, 3.63) is 29.8 Å². The highest BCUT2D eigenvalue weighted by molar-refractivity contribution is 5.95. The molecule has 0 unspecified atom stereocenters. The van der Waals surface area contributed by atoms with E-state index in [2.05, 4.69) is 22.4 Å². The molecule has 0 radical (unpaired) electrons. The van der Waals surface area contributed by atoms with Crippen molar-refractivity contribution in [2.24, 2.45) is 16.6 Å². The molecule has 5 atom stereocenters. The highest BCUT2D eigenvalue weighted by Crippen LogP contribution is 2.79. The normalized spacial score (nSPS) is 39.6. The van der Waals surface area contributed by atoms with Gasteiger partial charge in [-0.1, -0.05) is 12.1 Å². The van der Waals surface area contributed by atoms with Gasteiger partial charge in [-0.15, -0.1) is 0 Å². The fourth-order valence-electron chi connectivity index (χ4n) is 4.43. The number of nitrogens with one attached hydrogen (secondary N) is 2. The van der Waals surface area contributed by atoms with Gasteiger partial charge in [0, 0.05) is 18.5 Å². The number of amidine groups is 1. The van der Waals surface area contributed by atoms with Gasteiger partial charge < -0.3 is 14.8 Å². The van der Waals surface area contributed by atoms with Crippen LogP contribution in [0.25, 0.3) is 0 Å². The van der Waals surface area contributed by atoms with Gasteiger partial charge in [0.25, 0.3) is 5.84 Å². The van der Waals surface area contributed by atoms with Crippen LogP contribution >= 0.6 is 0 Å². The minimum absolute atomic E-state index is 0.175. The van der Waals surface area contributed by atoms with Gasteiger partial charge in [0.15, 0.2) is 10.8 Å². The second-order valence-electron chi connectivity index (χ2n) is 6.97. The first-order valence-electron chi connectivity index (χ1n) is 8.30. The molecular weight excluding hydrogens is 334 g/mol. The number of fused-ring (bicyclic) bond motifs is 2. The number of nitrogens with zero attached hydrogens (tertiary/aromatic N) is 2. The molecule has 4 N–H and O–H groups in total. The molecule has 1 aliphatic carbocycles. The summed E-state index contributed by atoms with van der Waals surface area (Å²) in [5.74, 6) is -1.91. The van der Waals surface area contributed by atoms with E-state index in [4.69, 9.17) is 15.2 Å². The molecule has 2 fully saturated rings. The third-order valence-electron chi connectivity index (χ3n) is 5.45. The van der Waals surface area contributed by atoms with Crippen LogP contribution in [-0.4, -0.2) is 30.4 Å². The molecule has 8 heteroatoms. The number of nitrogens with two attached hydrogens (primary N) is 1. The van der Waals surface area contributed by atoms with Crippen molar-refractivity contribution >= 4 is 17.4 Å². The number of nitriles is 2. The van der Waals surface area contributed by atoms with E-state index in [1.165, 1.54) is 6.92 Å². The second-order valence-corrected chi connectivity index (χ2v) is 6.97. The Morgan fingerprint density at radius 1 is 1.35 bits per heavy atom. The van der Waals surface area contributed by atoms with E-state index in [1.54, 1.807) is 24.3 Å². The minimum Gasteiger partial charge on any atom is -0.326 e. The van der Waals surface area contributed by atoms with E-state index < -0.39 is 22.7 Å². The number of ether oxygens (including phenoxy) is 2. The Labute approximate surface area is 150 Å². The molecule has 1 amide bonds. The number of benzene rings is 1. The fraction of sp³-hybridized carbons (Fsp3) is 0.444. The van der Waals surface area contributed by atoms with Gasteiger partial charge in [-0.05, 0) is 24.6 Å². The molecule has 2 aliphatic heterocycles. The smallest absolute Gasteiger partial charge is 0.326 e. The maximum atomic E-state index is 11.2. The minimum atomic E-state index is -1.43. The summed E-state index contributed by atoms with van der Waals surface area (Å²) in [5, 5.41) is 22.7. The van der Waals surface area contributed by atoms with E-state index >= 15 is 0 Å². The second kappa shape index (κ2) is 5.04. The van der Waals surface area contributed by atoms with Crippen LogP contribution in [0.1, 0.15) is 25.3 Å². The van der Waals surface area contributed by atoms with Crippen molar-refractivity contribution in [3.8, 4) is 12.1 Å². The van der Waals surface area contributed by atoms with Crippen molar-refractivity contribution in [2.75, 3.05) is 11.9 Å². The molecule has 26 heavy (non-hydrogen) atoms. The molecule has 1 aromatic carbocycles. The van der Waals surface area contributed by atoms with Gasteiger partial charge in [0.2, 0.25) is 5.91 Å². The molecule has 0 aromatic heterocycles. The van der Waals surface area contributed by atoms with Crippen molar-refractivity contribution in [2.45, 2.75) is 31.8 Å². The van der Waals surface area contributed by atoms with Gasteiger partial charge in [0.05, 0.1) is 24.8 Å². The zero-order valence-corrected chi connectivity index (χ0v) is 14.4. The topological polar surface area (TPSA) is 135 Å². The van der Waals surface area contributed by atoms with Gasteiger partial charge in [-0.2, -0.15) is 10.5 Å². The number of anilines is 1. The largest absolute Gasteiger partial charge is 0.343 e. The predicted octanol–water partition coefficient (Wildman–Crippen LogP) is -0.697. The third kappa shape index (κ3) is 1.68. The number of carbonyl (C=O) groups is 1. The summed E-state index contributed by atoms with van der Waals surface area (Å²) in [6, 6.07) is 11.6. The summed E-state index contributed by atoms with van der Waals surface area (Å²) in [7, 11) is 0. The lowest BCUT2D eigenvalue weighted by atomic mass is 9.94. The molecule has 8 nitrogen and oxygen atoms in total.